The van der Waals surface area contributed by atoms with Crippen molar-refractivity contribution in [1.82, 2.24) is 0 Å². The summed E-state index contributed by atoms with van der Waals surface area (Å²) in [6, 6.07) is 0. The standard InChI is InChI=1S/C35H69O8P/c1-3-5-7-9-11-13-15-17-19-21-23-25-27-29-34(36)41-31-33(43-44(38,39)40)32-42-35(37)30-28-26-24-22-20-18-16-14-12-10-8-6-4-2/h33H,3-32H2,1-2H3,(H2,38,39,40). The summed E-state index contributed by atoms with van der Waals surface area (Å²) >= 11 is 0. The van der Waals surface area contributed by atoms with E-state index < -0.39 is 25.9 Å². The van der Waals surface area contributed by atoms with Crippen molar-refractivity contribution in [3.05, 3.63) is 0 Å². The van der Waals surface area contributed by atoms with Gasteiger partial charge in [-0.25, -0.2) is 4.57 Å². The molecule has 0 amide bonds. The number of hydrogen-bond acceptors (Lipinski definition) is 6. The maximum absolute atomic E-state index is 12.1. The third-order valence-corrected chi connectivity index (χ3v) is 8.69. The van der Waals surface area contributed by atoms with Crippen LogP contribution in [0.3, 0.4) is 0 Å². The molecule has 0 unspecified atom stereocenters. The molecule has 0 aliphatic heterocycles. The van der Waals surface area contributed by atoms with Crippen molar-refractivity contribution >= 4 is 19.8 Å². The molecule has 8 nitrogen and oxygen atoms in total. The summed E-state index contributed by atoms with van der Waals surface area (Å²) in [4.78, 5) is 42.6. The van der Waals surface area contributed by atoms with E-state index in [1.165, 1.54) is 128 Å². The number of esters is 2. The molecule has 44 heavy (non-hydrogen) atoms. The van der Waals surface area contributed by atoms with Crippen molar-refractivity contribution < 1.29 is 37.9 Å². The van der Waals surface area contributed by atoms with Gasteiger partial charge < -0.3 is 19.3 Å². The smallest absolute Gasteiger partial charge is 0.463 e. The lowest BCUT2D eigenvalue weighted by Gasteiger charge is -2.18. The number of phosphoric ester groups is 1. The van der Waals surface area contributed by atoms with Gasteiger partial charge in [-0.05, 0) is 12.8 Å². The molecule has 0 saturated heterocycles. The van der Waals surface area contributed by atoms with Crippen LogP contribution in [0.5, 0.6) is 0 Å². The number of rotatable bonds is 34. The van der Waals surface area contributed by atoms with E-state index in [2.05, 4.69) is 13.8 Å². The van der Waals surface area contributed by atoms with Crippen LogP contribution in [0.4, 0.5) is 0 Å². The van der Waals surface area contributed by atoms with E-state index in [1.807, 2.05) is 0 Å². The third kappa shape index (κ3) is 33.9. The summed E-state index contributed by atoms with van der Waals surface area (Å²) in [5.74, 6) is -0.878. The van der Waals surface area contributed by atoms with E-state index in [4.69, 9.17) is 14.0 Å². The lowest BCUT2D eigenvalue weighted by atomic mass is 10.0. The Hall–Kier alpha value is -0.950. The first-order chi connectivity index (χ1) is 21.3. The average Bonchev–Trinajstić information content (AvgIpc) is 2.98. The maximum Gasteiger partial charge on any atom is 0.470 e. The second-order valence-corrected chi connectivity index (χ2v) is 13.8. The van der Waals surface area contributed by atoms with Crippen molar-refractivity contribution in [3.8, 4) is 0 Å². The zero-order valence-corrected chi connectivity index (χ0v) is 29.5. The first kappa shape index (κ1) is 43.0. The topological polar surface area (TPSA) is 119 Å². The van der Waals surface area contributed by atoms with E-state index in [0.717, 1.165) is 25.7 Å². The molecule has 0 aliphatic carbocycles. The van der Waals surface area contributed by atoms with E-state index in [0.29, 0.717) is 12.8 Å². The zero-order valence-electron chi connectivity index (χ0n) is 28.6. The molecule has 0 saturated carbocycles. The minimum absolute atomic E-state index is 0.249. The van der Waals surface area contributed by atoms with Gasteiger partial charge in [0.05, 0.1) is 0 Å². The summed E-state index contributed by atoms with van der Waals surface area (Å²) in [5, 5.41) is 0. The Morgan fingerprint density at radius 2 is 0.727 bits per heavy atom. The van der Waals surface area contributed by atoms with Gasteiger partial charge in [0.1, 0.15) is 19.3 Å². The van der Waals surface area contributed by atoms with Crippen LogP contribution < -0.4 is 0 Å². The SMILES string of the molecule is CCCCCCCCCCCCCCCC(=O)OCC(COC(=O)CCCCCCCCCCCCCCC)OP(=O)(O)O. The molecule has 0 aliphatic rings. The van der Waals surface area contributed by atoms with Crippen molar-refractivity contribution in [2.45, 2.75) is 200 Å². The Bertz CT molecular complexity index is 650. The van der Waals surface area contributed by atoms with Gasteiger partial charge in [-0.3, -0.25) is 14.1 Å². The van der Waals surface area contributed by atoms with Gasteiger partial charge in [-0.2, -0.15) is 0 Å². The van der Waals surface area contributed by atoms with Gasteiger partial charge >= 0.3 is 19.8 Å². The Balaban J connectivity index is 3.85. The second kappa shape index (κ2) is 32.0. The highest BCUT2D eigenvalue weighted by Gasteiger charge is 2.25. The largest absolute Gasteiger partial charge is 0.470 e. The number of carbonyl (C=O) groups excluding carboxylic acids is 2. The van der Waals surface area contributed by atoms with Gasteiger partial charge in [0.15, 0.2) is 0 Å². The van der Waals surface area contributed by atoms with Crippen LogP contribution >= 0.6 is 7.82 Å². The number of hydrogen-bond donors (Lipinski definition) is 2. The molecule has 0 atom stereocenters. The van der Waals surface area contributed by atoms with E-state index >= 15 is 0 Å². The Morgan fingerprint density at radius 3 is 0.977 bits per heavy atom. The first-order valence-corrected chi connectivity index (χ1v) is 19.9. The summed E-state index contributed by atoms with van der Waals surface area (Å²) in [5.41, 5.74) is 0. The quantitative estimate of drug-likeness (QED) is 0.0402. The fourth-order valence-corrected chi connectivity index (χ4v) is 5.90. The van der Waals surface area contributed by atoms with Crippen molar-refractivity contribution in [3.63, 3.8) is 0 Å². The minimum Gasteiger partial charge on any atom is -0.463 e. The predicted molar refractivity (Wildman–Crippen MR) is 179 cm³/mol. The van der Waals surface area contributed by atoms with Gasteiger partial charge in [0.2, 0.25) is 0 Å². The molecule has 0 fully saturated rings. The molecule has 0 aromatic carbocycles. The van der Waals surface area contributed by atoms with Crippen molar-refractivity contribution in [1.29, 1.82) is 0 Å². The molecule has 0 aromatic rings. The number of carbonyl (C=O) groups is 2. The normalized spacial score (nSPS) is 11.8. The minimum atomic E-state index is -4.83. The van der Waals surface area contributed by atoms with Gasteiger partial charge in [-0.15, -0.1) is 0 Å². The number of ether oxygens (including phenoxy) is 2. The molecular formula is C35H69O8P. The van der Waals surface area contributed by atoms with Crippen LogP contribution in [0, 0.1) is 0 Å². The average molecular weight is 649 g/mol. The Morgan fingerprint density at radius 1 is 0.477 bits per heavy atom. The summed E-state index contributed by atoms with van der Waals surface area (Å²) in [6.07, 6.45) is 30.9. The molecule has 0 radical (unpaired) electrons. The van der Waals surface area contributed by atoms with Crippen LogP contribution in [-0.2, 0) is 28.2 Å². The molecule has 2 N–H and O–H groups in total. The van der Waals surface area contributed by atoms with Gasteiger partial charge in [-0.1, -0.05) is 168 Å². The lowest BCUT2D eigenvalue weighted by molar-refractivity contribution is -0.152. The molecule has 262 valence electrons. The predicted octanol–water partition coefficient (Wildman–Crippen LogP) is 10.5. The molecule has 9 heteroatoms. The number of phosphoric acid groups is 1. The molecule has 0 bridgehead atoms. The monoisotopic (exact) mass is 648 g/mol. The highest BCUT2D eigenvalue weighted by Crippen LogP contribution is 2.37. The number of unbranched alkanes of at least 4 members (excludes halogenated alkanes) is 24. The van der Waals surface area contributed by atoms with Crippen LogP contribution in [0.1, 0.15) is 194 Å². The van der Waals surface area contributed by atoms with Crippen LogP contribution in [0.25, 0.3) is 0 Å². The van der Waals surface area contributed by atoms with Crippen LogP contribution in [0.2, 0.25) is 0 Å². The first-order valence-electron chi connectivity index (χ1n) is 18.3. The molecule has 0 aromatic heterocycles. The highest BCUT2D eigenvalue weighted by atomic mass is 31.2. The van der Waals surface area contributed by atoms with Crippen molar-refractivity contribution in [2.24, 2.45) is 0 Å². The van der Waals surface area contributed by atoms with Gasteiger partial charge in [0, 0.05) is 12.8 Å². The van der Waals surface area contributed by atoms with E-state index in [9.17, 15) is 23.9 Å². The second-order valence-electron chi connectivity index (χ2n) is 12.6. The van der Waals surface area contributed by atoms with Crippen LogP contribution in [0.15, 0.2) is 0 Å². The fraction of sp³-hybridized carbons (Fsp3) is 0.943. The Kier molecular flexibility index (Phi) is 31.3. The zero-order chi connectivity index (χ0) is 32.6. The Labute approximate surface area is 270 Å². The lowest BCUT2D eigenvalue weighted by Crippen LogP contribution is -2.27. The fourth-order valence-electron chi connectivity index (χ4n) is 5.39. The van der Waals surface area contributed by atoms with Gasteiger partial charge in [0.25, 0.3) is 0 Å². The molecule has 0 spiro atoms. The van der Waals surface area contributed by atoms with E-state index in [-0.39, 0.29) is 26.1 Å². The molecule has 0 heterocycles. The molecule has 0 rings (SSSR count). The third-order valence-electron chi connectivity index (χ3n) is 8.12. The maximum atomic E-state index is 12.1. The molecular weight excluding hydrogens is 579 g/mol. The van der Waals surface area contributed by atoms with Crippen molar-refractivity contribution in [2.75, 3.05) is 13.2 Å². The van der Waals surface area contributed by atoms with Crippen LogP contribution in [-0.4, -0.2) is 41.0 Å². The summed E-state index contributed by atoms with van der Waals surface area (Å²) < 4.78 is 26.4. The summed E-state index contributed by atoms with van der Waals surface area (Å²) in [7, 11) is -4.83. The van der Waals surface area contributed by atoms with E-state index in [1.54, 1.807) is 0 Å². The highest BCUT2D eigenvalue weighted by molar-refractivity contribution is 7.46. The summed E-state index contributed by atoms with van der Waals surface area (Å²) in [6.45, 7) is 3.75.